The predicted octanol–water partition coefficient (Wildman–Crippen LogP) is 3.10. The number of hydrogen-bond acceptors (Lipinski definition) is 4. The van der Waals surface area contributed by atoms with E-state index >= 15 is 0 Å². The van der Waals surface area contributed by atoms with Crippen molar-refractivity contribution in [1.29, 1.82) is 0 Å². The van der Waals surface area contributed by atoms with Crippen LogP contribution in [0.5, 0.6) is 0 Å². The molecule has 0 N–H and O–H groups in total. The Morgan fingerprint density at radius 1 is 1.08 bits per heavy atom. The lowest BCUT2D eigenvalue weighted by atomic mass is 10.1. The number of hydrogen-bond donors (Lipinski definition) is 0. The molecule has 0 spiro atoms. The van der Waals surface area contributed by atoms with Crippen LogP contribution in [0.1, 0.15) is 5.56 Å². The van der Waals surface area contributed by atoms with E-state index in [-0.39, 0.29) is 5.91 Å². The minimum absolute atomic E-state index is 0.0762. The number of carbonyl (C=O) groups is 1. The van der Waals surface area contributed by atoms with Crippen LogP contribution in [0.25, 0.3) is 0 Å². The monoisotopic (exact) mass is 355 g/mol. The molecule has 1 amide bonds. The molecule has 1 fully saturated rings. The van der Waals surface area contributed by atoms with Gasteiger partial charge in [-0.25, -0.2) is 4.99 Å². The number of aliphatic imine (C=N–C) groups is 1. The Hall–Kier alpha value is -2.21. The van der Waals surface area contributed by atoms with Crippen LogP contribution in [-0.2, 0) is 9.53 Å². The first-order valence-electron chi connectivity index (χ1n) is 8.28. The van der Waals surface area contributed by atoms with E-state index in [0.717, 1.165) is 24.3 Å². The Kier molecular flexibility index (Phi) is 4.53. The summed E-state index contributed by atoms with van der Waals surface area (Å²) in [6.07, 6.45) is 0. The molecule has 0 aliphatic carbocycles. The molecule has 128 valence electrons. The first kappa shape index (κ1) is 16.3. The summed E-state index contributed by atoms with van der Waals surface area (Å²) in [5.74, 6) is -0.0762. The van der Waals surface area contributed by atoms with E-state index in [1.807, 2.05) is 36.4 Å². The average molecular weight is 356 g/mol. The molecule has 2 aromatic carbocycles. The highest BCUT2D eigenvalue weighted by atomic mass is 35.5. The topological polar surface area (TPSA) is 45.1 Å². The van der Waals surface area contributed by atoms with Crippen LogP contribution in [0.4, 0.5) is 11.4 Å². The number of fused-ring (bicyclic) bond motifs is 1. The van der Waals surface area contributed by atoms with Crippen LogP contribution in [0.2, 0.25) is 5.02 Å². The van der Waals surface area contributed by atoms with Gasteiger partial charge in [-0.05, 0) is 24.3 Å². The highest BCUT2D eigenvalue weighted by Gasteiger charge is 2.34. The third kappa shape index (κ3) is 3.31. The van der Waals surface area contributed by atoms with Gasteiger partial charge in [0.1, 0.15) is 5.71 Å². The maximum Gasteiger partial charge on any atom is 0.278 e. The lowest BCUT2D eigenvalue weighted by Crippen LogP contribution is -2.45. The van der Waals surface area contributed by atoms with Gasteiger partial charge in [0, 0.05) is 23.7 Å². The second-order valence-corrected chi connectivity index (χ2v) is 6.50. The summed E-state index contributed by atoms with van der Waals surface area (Å²) < 4.78 is 5.39. The number of amides is 1. The Balaban J connectivity index is 1.68. The summed E-state index contributed by atoms with van der Waals surface area (Å²) in [7, 11) is 0. The first-order chi connectivity index (χ1) is 12.2. The maximum atomic E-state index is 13.0. The molecule has 0 unspecified atom stereocenters. The largest absolute Gasteiger partial charge is 0.379 e. The van der Waals surface area contributed by atoms with Gasteiger partial charge >= 0.3 is 0 Å². The van der Waals surface area contributed by atoms with Crippen molar-refractivity contribution in [3.05, 3.63) is 59.1 Å². The molecule has 2 heterocycles. The van der Waals surface area contributed by atoms with E-state index < -0.39 is 0 Å². The van der Waals surface area contributed by atoms with Crippen molar-refractivity contribution in [1.82, 2.24) is 4.90 Å². The van der Waals surface area contributed by atoms with Crippen molar-refractivity contribution in [2.75, 3.05) is 37.9 Å². The van der Waals surface area contributed by atoms with E-state index in [2.05, 4.69) is 9.89 Å². The molecule has 2 aliphatic heterocycles. The molecule has 6 heteroatoms. The van der Waals surface area contributed by atoms with Crippen LogP contribution >= 0.6 is 11.6 Å². The van der Waals surface area contributed by atoms with E-state index in [4.69, 9.17) is 16.3 Å². The van der Waals surface area contributed by atoms with Gasteiger partial charge in [0.05, 0.1) is 31.3 Å². The number of benzene rings is 2. The molecule has 2 aliphatic rings. The second kappa shape index (κ2) is 6.96. The highest BCUT2D eigenvalue weighted by molar-refractivity contribution is 6.54. The Bertz CT molecular complexity index is 831. The molecule has 0 saturated carbocycles. The maximum absolute atomic E-state index is 13.0. The smallest absolute Gasteiger partial charge is 0.278 e. The Morgan fingerprint density at radius 3 is 2.68 bits per heavy atom. The van der Waals surface area contributed by atoms with Crippen molar-refractivity contribution >= 4 is 34.6 Å². The minimum Gasteiger partial charge on any atom is -0.379 e. The highest BCUT2D eigenvalue weighted by Crippen LogP contribution is 2.31. The van der Waals surface area contributed by atoms with E-state index in [1.54, 1.807) is 17.0 Å². The number of rotatable bonds is 3. The summed E-state index contributed by atoms with van der Waals surface area (Å²) in [6.45, 7) is 3.60. The standard InChI is InChI=1S/C19H18ClN3O2/c20-14-4-3-5-15(12-14)21-18-16-6-1-2-7-17(16)23(19(18)24)13-22-8-10-25-11-9-22/h1-7,12H,8-11,13H2. The number of anilines is 1. The molecule has 25 heavy (non-hydrogen) atoms. The van der Waals surface area contributed by atoms with Gasteiger partial charge in [-0.2, -0.15) is 0 Å². The molecule has 0 aromatic heterocycles. The van der Waals surface area contributed by atoms with E-state index in [1.165, 1.54) is 0 Å². The summed E-state index contributed by atoms with van der Waals surface area (Å²) in [5, 5.41) is 0.603. The first-order valence-corrected chi connectivity index (χ1v) is 8.66. The van der Waals surface area contributed by atoms with Gasteiger partial charge in [0.2, 0.25) is 0 Å². The second-order valence-electron chi connectivity index (χ2n) is 6.06. The minimum atomic E-state index is -0.0762. The van der Waals surface area contributed by atoms with E-state index in [9.17, 15) is 4.79 Å². The third-order valence-electron chi connectivity index (χ3n) is 4.39. The van der Waals surface area contributed by atoms with Crippen molar-refractivity contribution in [2.24, 2.45) is 4.99 Å². The number of halogens is 1. The van der Waals surface area contributed by atoms with Gasteiger partial charge in [-0.3, -0.25) is 14.6 Å². The fraction of sp³-hybridized carbons (Fsp3) is 0.263. The molecular formula is C19H18ClN3O2. The van der Waals surface area contributed by atoms with Crippen molar-refractivity contribution in [3.8, 4) is 0 Å². The van der Waals surface area contributed by atoms with Crippen LogP contribution in [0.15, 0.2) is 53.5 Å². The van der Waals surface area contributed by atoms with Crippen molar-refractivity contribution in [3.63, 3.8) is 0 Å². The fourth-order valence-corrected chi connectivity index (χ4v) is 3.31. The summed E-state index contributed by atoms with van der Waals surface area (Å²) in [4.78, 5) is 21.6. The van der Waals surface area contributed by atoms with Gasteiger partial charge in [0.15, 0.2) is 0 Å². The fourth-order valence-electron chi connectivity index (χ4n) is 3.13. The number of carbonyl (C=O) groups excluding carboxylic acids is 1. The summed E-state index contributed by atoms with van der Waals surface area (Å²) in [5.41, 5.74) is 2.91. The molecule has 5 nitrogen and oxygen atoms in total. The van der Waals surface area contributed by atoms with Gasteiger partial charge in [-0.1, -0.05) is 35.9 Å². The molecule has 0 atom stereocenters. The Labute approximate surface area is 151 Å². The number of para-hydroxylation sites is 1. The van der Waals surface area contributed by atoms with Crippen LogP contribution in [-0.4, -0.2) is 49.5 Å². The lowest BCUT2D eigenvalue weighted by molar-refractivity contribution is -0.112. The van der Waals surface area contributed by atoms with E-state index in [0.29, 0.717) is 36.3 Å². The van der Waals surface area contributed by atoms with Gasteiger partial charge in [-0.15, -0.1) is 0 Å². The molecule has 0 radical (unpaired) electrons. The van der Waals surface area contributed by atoms with Crippen LogP contribution in [0, 0.1) is 0 Å². The third-order valence-corrected chi connectivity index (χ3v) is 4.63. The average Bonchev–Trinajstić information content (AvgIpc) is 2.89. The zero-order chi connectivity index (χ0) is 17.2. The molecule has 0 bridgehead atoms. The Morgan fingerprint density at radius 2 is 1.88 bits per heavy atom. The molecule has 2 aromatic rings. The van der Waals surface area contributed by atoms with Gasteiger partial charge < -0.3 is 4.74 Å². The number of nitrogens with zero attached hydrogens (tertiary/aromatic N) is 3. The van der Waals surface area contributed by atoms with Crippen LogP contribution < -0.4 is 4.90 Å². The van der Waals surface area contributed by atoms with Crippen molar-refractivity contribution in [2.45, 2.75) is 0 Å². The summed E-state index contributed by atoms with van der Waals surface area (Å²) in [6, 6.07) is 15.0. The SMILES string of the molecule is O=C1C(=Nc2cccc(Cl)c2)c2ccccc2N1CN1CCOCC1. The molecule has 1 saturated heterocycles. The molecular weight excluding hydrogens is 338 g/mol. The van der Waals surface area contributed by atoms with Crippen molar-refractivity contribution < 1.29 is 9.53 Å². The number of ether oxygens (including phenoxy) is 1. The van der Waals surface area contributed by atoms with Gasteiger partial charge in [0.25, 0.3) is 5.91 Å². The van der Waals surface area contributed by atoms with Crippen LogP contribution in [0.3, 0.4) is 0 Å². The molecule has 4 rings (SSSR count). The zero-order valence-corrected chi connectivity index (χ0v) is 14.4. The number of morpholine rings is 1. The quantitative estimate of drug-likeness (QED) is 0.849. The lowest BCUT2D eigenvalue weighted by Gasteiger charge is -2.30. The normalized spacial score (nSPS) is 19.5. The summed E-state index contributed by atoms with van der Waals surface area (Å²) >= 11 is 6.04. The predicted molar refractivity (Wildman–Crippen MR) is 98.8 cm³/mol. The zero-order valence-electron chi connectivity index (χ0n) is 13.7.